The normalized spacial score (nSPS) is 10.7. The van der Waals surface area contributed by atoms with Crippen LogP contribution >= 0.6 is 11.8 Å². The van der Waals surface area contributed by atoms with Crippen molar-refractivity contribution in [1.29, 1.82) is 0 Å². The minimum atomic E-state index is -0.194. The molecule has 2 aromatic heterocycles. The summed E-state index contributed by atoms with van der Waals surface area (Å²) >= 11 is 1.78. The lowest BCUT2D eigenvalue weighted by molar-refractivity contribution is 0.0955. The molecule has 24 heavy (non-hydrogen) atoms. The second kappa shape index (κ2) is 7.88. The van der Waals surface area contributed by atoms with E-state index in [-0.39, 0.29) is 5.91 Å². The molecule has 1 aromatic carbocycles. The fourth-order valence-corrected chi connectivity index (χ4v) is 3.12. The first-order valence-corrected chi connectivity index (χ1v) is 8.81. The van der Waals surface area contributed by atoms with Crippen molar-refractivity contribution in [3.8, 4) is 11.5 Å². The molecule has 1 amide bonds. The van der Waals surface area contributed by atoms with Gasteiger partial charge in [-0.2, -0.15) is 11.8 Å². The summed E-state index contributed by atoms with van der Waals surface area (Å²) in [5.74, 6) is 2.44. The molecule has 1 N–H and O–H groups in total. The minimum Gasteiger partial charge on any atom is -0.461 e. The highest BCUT2D eigenvalue weighted by atomic mass is 32.2. The molecule has 3 rings (SSSR count). The topological polar surface area (TPSA) is 68.3 Å². The van der Waals surface area contributed by atoms with Gasteiger partial charge in [0.2, 0.25) is 5.76 Å². The third-order valence-corrected chi connectivity index (χ3v) is 4.51. The molecule has 0 fully saturated rings. The van der Waals surface area contributed by atoms with Crippen LogP contribution in [0.15, 0.2) is 57.7 Å². The summed E-state index contributed by atoms with van der Waals surface area (Å²) in [5, 5.41) is 6.79. The molecule has 2 heterocycles. The van der Waals surface area contributed by atoms with Crippen LogP contribution in [0, 0.1) is 6.92 Å². The maximum Gasteiger partial charge on any atom is 0.257 e. The molecule has 0 saturated carbocycles. The smallest absolute Gasteiger partial charge is 0.257 e. The van der Waals surface area contributed by atoms with Gasteiger partial charge in [-0.3, -0.25) is 4.79 Å². The van der Waals surface area contributed by atoms with Crippen LogP contribution in [0.2, 0.25) is 0 Å². The van der Waals surface area contributed by atoms with Crippen LogP contribution in [0.25, 0.3) is 11.5 Å². The number of hydrogen-bond donors (Lipinski definition) is 1. The monoisotopic (exact) mass is 342 g/mol. The third-order valence-electron chi connectivity index (χ3n) is 3.48. The lowest BCUT2D eigenvalue weighted by Gasteiger charge is -2.05. The number of benzene rings is 1. The Labute approximate surface area is 144 Å². The molecule has 0 aliphatic heterocycles. The standard InChI is InChI=1S/C18H18N2O3S/c1-13-16(17(23-20-13)15-8-5-10-22-15)18(21)19-9-11-24-12-14-6-3-2-4-7-14/h2-8,10H,9,11-12H2,1H3,(H,19,21). The van der Waals surface area contributed by atoms with E-state index in [9.17, 15) is 4.79 Å². The molecule has 3 aromatic rings. The van der Waals surface area contributed by atoms with Crippen LogP contribution in [0.3, 0.4) is 0 Å². The number of carbonyl (C=O) groups excluding carboxylic acids is 1. The van der Waals surface area contributed by atoms with Gasteiger partial charge < -0.3 is 14.3 Å². The first kappa shape index (κ1) is 16.4. The van der Waals surface area contributed by atoms with E-state index in [1.807, 2.05) is 18.2 Å². The summed E-state index contributed by atoms with van der Waals surface area (Å²) in [7, 11) is 0. The largest absolute Gasteiger partial charge is 0.461 e. The van der Waals surface area contributed by atoms with Gasteiger partial charge >= 0.3 is 0 Å². The maximum absolute atomic E-state index is 12.4. The van der Waals surface area contributed by atoms with Crippen LogP contribution in [0.1, 0.15) is 21.6 Å². The van der Waals surface area contributed by atoms with Gasteiger partial charge in [-0.15, -0.1) is 0 Å². The summed E-state index contributed by atoms with van der Waals surface area (Å²) < 4.78 is 10.5. The Morgan fingerprint density at radius 2 is 2.04 bits per heavy atom. The van der Waals surface area contributed by atoms with Gasteiger partial charge in [0, 0.05) is 18.1 Å². The molecule has 0 radical (unpaired) electrons. The van der Waals surface area contributed by atoms with Gasteiger partial charge in [0.15, 0.2) is 5.76 Å². The summed E-state index contributed by atoms with van der Waals surface area (Å²) in [6.07, 6.45) is 1.54. The lowest BCUT2D eigenvalue weighted by Crippen LogP contribution is -2.26. The van der Waals surface area contributed by atoms with Crippen LogP contribution in [-0.2, 0) is 5.75 Å². The first-order chi connectivity index (χ1) is 11.8. The van der Waals surface area contributed by atoms with Crippen LogP contribution in [0.4, 0.5) is 0 Å². The van der Waals surface area contributed by atoms with Crippen molar-refractivity contribution in [3.63, 3.8) is 0 Å². The lowest BCUT2D eigenvalue weighted by atomic mass is 10.1. The fourth-order valence-electron chi connectivity index (χ4n) is 2.30. The van der Waals surface area contributed by atoms with Crippen molar-refractivity contribution in [2.24, 2.45) is 0 Å². The number of amides is 1. The van der Waals surface area contributed by atoms with Crippen molar-refractivity contribution in [2.45, 2.75) is 12.7 Å². The Morgan fingerprint density at radius 3 is 2.79 bits per heavy atom. The average molecular weight is 342 g/mol. The fraction of sp³-hybridized carbons (Fsp3) is 0.222. The molecule has 0 aliphatic rings. The highest BCUT2D eigenvalue weighted by Crippen LogP contribution is 2.26. The number of furan rings is 1. The third kappa shape index (κ3) is 3.89. The molecule has 5 nitrogen and oxygen atoms in total. The summed E-state index contributed by atoms with van der Waals surface area (Å²) in [6.45, 7) is 2.33. The first-order valence-electron chi connectivity index (χ1n) is 7.65. The van der Waals surface area contributed by atoms with E-state index >= 15 is 0 Å². The van der Waals surface area contributed by atoms with E-state index in [0.29, 0.717) is 29.3 Å². The van der Waals surface area contributed by atoms with E-state index in [1.165, 1.54) is 11.8 Å². The van der Waals surface area contributed by atoms with Crippen molar-refractivity contribution >= 4 is 17.7 Å². The Morgan fingerprint density at radius 1 is 1.21 bits per heavy atom. The summed E-state index contributed by atoms with van der Waals surface area (Å²) in [4.78, 5) is 12.4. The predicted molar refractivity (Wildman–Crippen MR) is 93.9 cm³/mol. The molecule has 0 bridgehead atoms. The highest BCUT2D eigenvalue weighted by Gasteiger charge is 2.23. The summed E-state index contributed by atoms with van der Waals surface area (Å²) in [5.41, 5.74) is 2.26. The SMILES string of the molecule is Cc1noc(-c2ccco2)c1C(=O)NCCSCc1ccccc1. The molecule has 0 aliphatic carbocycles. The second-order valence-corrected chi connectivity index (χ2v) is 6.35. The van der Waals surface area contributed by atoms with Gasteiger partial charge in [-0.1, -0.05) is 35.5 Å². The van der Waals surface area contributed by atoms with E-state index < -0.39 is 0 Å². The van der Waals surface area contributed by atoms with Gasteiger partial charge in [-0.25, -0.2) is 0 Å². The van der Waals surface area contributed by atoms with E-state index in [4.69, 9.17) is 8.94 Å². The zero-order chi connectivity index (χ0) is 16.8. The molecule has 0 atom stereocenters. The van der Waals surface area contributed by atoms with Gasteiger partial charge in [-0.05, 0) is 24.6 Å². The van der Waals surface area contributed by atoms with Crippen LogP contribution in [-0.4, -0.2) is 23.4 Å². The molecular formula is C18H18N2O3S. The van der Waals surface area contributed by atoms with E-state index in [0.717, 1.165) is 11.5 Å². The molecule has 124 valence electrons. The van der Waals surface area contributed by atoms with Crippen molar-refractivity contribution in [2.75, 3.05) is 12.3 Å². The number of nitrogens with zero attached hydrogens (tertiary/aromatic N) is 1. The quantitative estimate of drug-likeness (QED) is 0.659. The van der Waals surface area contributed by atoms with Crippen LogP contribution in [0.5, 0.6) is 0 Å². The maximum atomic E-state index is 12.4. The van der Waals surface area contributed by atoms with Crippen LogP contribution < -0.4 is 5.32 Å². The Balaban J connectivity index is 1.52. The van der Waals surface area contributed by atoms with E-state index in [1.54, 1.807) is 30.8 Å². The Bertz CT molecular complexity index is 782. The zero-order valence-corrected chi connectivity index (χ0v) is 14.1. The van der Waals surface area contributed by atoms with Crippen molar-refractivity contribution in [1.82, 2.24) is 10.5 Å². The highest BCUT2D eigenvalue weighted by molar-refractivity contribution is 7.98. The minimum absolute atomic E-state index is 0.194. The number of thioether (sulfide) groups is 1. The van der Waals surface area contributed by atoms with Gasteiger partial charge in [0.05, 0.1) is 12.0 Å². The molecule has 0 saturated heterocycles. The van der Waals surface area contributed by atoms with Gasteiger partial charge in [0.25, 0.3) is 5.91 Å². The number of rotatable bonds is 7. The zero-order valence-electron chi connectivity index (χ0n) is 13.3. The average Bonchev–Trinajstić information content (AvgIpc) is 3.24. The molecular weight excluding hydrogens is 324 g/mol. The van der Waals surface area contributed by atoms with E-state index in [2.05, 4.69) is 22.6 Å². The Hall–Kier alpha value is -2.47. The number of aryl methyl sites for hydroxylation is 1. The van der Waals surface area contributed by atoms with Crippen molar-refractivity contribution in [3.05, 3.63) is 65.5 Å². The van der Waals surface area contributed by atoms with Gasteiger partial charge in [0.1, 0.15) is 5.56 Å². The Kier molecular flexibility index (Phi) is 5.38. The van der Waals surface area contributed by atoms with Crippen molar-refractivity contribution < 1.29 is 13.7 Å². The number of carbonyl (C=O) groups is 1. The summed E-state index contributed by atoms with van der Waals surface area (Å²) in [6, 6.07) is 13.8. The number of aromatic nitrogens is 1. The molecule has 6 heteroatoms. The molecule has 0 spiro atoms. The number of nitrogens with one attached hydrogen (secondary N) is 1. The molecule has 0 unspecified atom stereocenters. The number of hydrogen-bond acceptors (Lipinski definition) is 5. The second-order valence-electron chi connectivity index (χ2n) is 5.24. The predicted octanol–water partition coefficient (Wildman–Crippen LogP) is 3.91.